The van der Waals surface area contributed by atoms with Gasteiger partial charge in [0.15, 0.2) is 0 Å². The van der Waals surface area contributed by atoms with Crippen LogP contribution >= 0.6 is 11.8 Å². The first kappa shape index (κ1) is 12.0. The number of thioether (sulfide) groups is 1. The van der Waals surface area contributed by atoms with E-state index in [1.54, 1.807) is 0 Å². The van der Waals surface area contributed by atoms with Crippen molar-refractivity contribution in [2.24, 2.45) is 0 Å². The molecule has 0 bridgehead atoms. The third kappa shape index (κ3) is 2.14. The Morgan fingerprint density at radius 1 is 1.50 bits per heavy atom. The zero-order valence-corrected chi connectivity index (χ0v) is 10.9. The van der Waals surface area contributed by atoms with Gasteiger partial charge in [-0.15, -0.1) is 0 Å². The van der Waals surface area contributed by atoms with Gasteiger partial charge in [0.2, 0.25) is 0 Å². The standard InChI is InChI=1S/C14H20OS/c1-3-5-12-6-4-7-13(10-12)14(15)8-9-16-11(14)2/h4,6-7,10-11,15H,3,5,8-9H2,1-2H3. The van der Waals surface area contributed by atoms with E-state index in [2.05, 4.69) is 38.1 Å². The van der Waals surface area contributed by atoms with Crippen LogP contribution in [0.2, 0.25) is 0 Å². The first-order chi connectivity index (χ1) is 7.66. The van der Waals surface area contributed by atoms with E-state index in [0.29, 0.717) is 5.25 Å². The van der Waals surface area contributed by atoms with Crippen LogP contribution in [0.25, 0.3) is 0 Å². The van der Waals surface area contributed by atoms with Crippen LogP contribution in [0.3, 0.4) is 0 Å². The molecule has 1 aromatic carbocycles. The minimum atomic E-state index is -0.603. The molecule has 0 aliphatic carbocycles. The van der Waals surface area contributed by atoms with Gasteiger partial charge in [0, 0.05) is 5.25 Å². The number of hydrogen-bond donors (Lipinski definition) is 1. The highest BCUT2D eigenvalue weighted by molar-refractivity contribution is 8.00. The molecule has 2 atom stereocenters. The molecule has 0 aromatic heterocycles. The highest BCUT2D eigenvalue weighted by atomic mass is 32.2. The molecule has 88 valence electrons. The summed E-state index contributed by atoms with van der Waals surface area (Å²) in [5.41, 5.74) is 1.85. The maximum absolute atomic E-state index is 10.7. The molecule has 1 N–H and O–H groups in total. The Balaban J connectivity index is 2.29. The average Bonchev–Trinajstić information content (AvgIpc) is 2.62. The molecule has 1 fully saturated rings. The third-order valence-electron chi connectivity index (χ3n) is 3.49. The minimum Gasteiger partial charge on any atom is -0.384 e. The Bertz CT molecular complexity index is 364. The van der Waals surface area contributed by atoms with Gasteiger partial charge in [-0.25, -0.2) is 0 Å². The lowest BCUT2D eigenvalue weighted by molar-refractivity contribution is 0.0426. The van der Waals surface area contributed by atoms with Crippen molar-refractivity contribution in [3.05, 3.63) is 35.4 Å². The minimum absolute atomic E-state index is 0.310. The largest absolute Gasteiger partial charge is 0.384 e. The van der Waals surface area contributed by atoms with Gasteiger partial charge >= 0.3 is 0 Å². The van der Waals surface area contributed by atoms with Gasteiger partial charge in [0.25, 0.3) is 0 Å². The van der Waals surface area contributed by atoms with Crippen molar-refractivity contribution in [3.63, 3.8) is 0 Å². The second-order valence-electron chi connectivity index (χ2n) is 4.64. The van der Waals surface area contributed by atoms with Crippen molar-refractivity contribution in [2.45, 2.75) is 44.0 Å². The summed E-state index contributed by atoms with van der Waals surface area (Å²) in [5, 5.41) is 11.0. The Labute approximate surface area is 102 Å². The lowest BCUT2D eigenvalue weighted by Crippen LogP contribution is -2.31. The van der Waals surface area contributed by atoms with Crippen LogP contribution in [0.1, 0.15) is 37.8 Å². The Hall–Kier alpha value is -0.470. The fourth-order valence-electron chi connectivity index (χ4n) is 2.40. The van der Waals surface area contributed by atoms with E-state index in [1.807, 2.05) is 11.8 Å². The summed E-state index contributed by atoms with van der Waals surface area (Å²) < 4.78 is 0. The van der Waals surface area contributed by atoms with Crippen LogP contribution < -0.4 is 0 Å². The SMILES string of the molecule is CCCc1cccc(C2(O)CCSC2C)c1. The number of benzene rings is 1. The molecule has 1 saturated heterocycles. The number of aryl methyl sites for hydroxylation is 1. The van der Waals surface area contributed by atoms with E-state index < -0.39 is 5.60 Å². The molecule has 1 aliphatic rings. The number of hydrogen-bond acceptors (Lipinski definition) is 2. The van der Waals surface area contributed by atoms with Crippen molar-refractivity contribution < 1.29 is 5.11 Å². The van der Waals surface area contributed by atoms with Crippen molar-refractivity contribution >= 4 is 11.8 Å². The fraction of sp³-hybridized carbons (Fsp3) is 0.571. The predicted molar refractivity (Wildman–Crippen MR) is 70.9 cm³/mol. The van der Waals surface area contributed by atoms with E-state index in [1.165, 1.54) is 5.56 Å². The highest BCUT2D eigenvalue weighted by Gasteiger charge is 2.40. The lowest BCUT2D eigenvalue weighted by Gasteiger charge is -2.27. The summed E-state index contributed by atoms with van der Waals surface area (Å²) in [6.07, 6.45) is 3.14. The molecule has 2 unspecified atom stereocenters. The van der Waals surface area contributed by atoms with Gasteiger partial charge in [-0.1, -0.05) is 44.5 Å². The molecule has 0 spiro atoms. The second kappa shape index (κ2) is 4.80. The van der Waals surface area contributed by atoms with Gasteiger partial charge in [0.05, 0.1) is 0 Å². The molecule has 1 aromatic rings. The van der Waals surface area contributed by atoms with Gasteiger partial charge in [-0.05, 0) is 29.7 Å². The normalized spacial score (nSPS) is 29.6. The van der Waals surface area contributed by atoms with Gasteiger partial charge < -0.3 is 5.11 Å². The van der Waals surface area contributed by atoms with Crippen LogP contribution in [0.15, 0.2) is 24.3 Å². The topological polar surface area (TPSA) is 20.2 Å². The van der Waals surface area contributed by atoms with E-state index in [-0.39, 0.29) is 0 Å². The van der Waals surface area contributed by atoms with Crippen LogP contribution in [-0.2, 0) is 12.0 Å². The first-order valence-electron chi connectivity index (χ1n) is 6.10. The average molecular weight is 236 g/mol. The van der Waals surface area contributed by atoms with Gasteiger partial charge in [0.1, 0.15) is 5.60 Å². The number of aliphatic hydroxyl groups is 1. The Morgan fingerprint density at radius 2 is 2.31 bits per heavy atom. The number of rotatable bonds is 3. The molecule has 1 heterocycles. The molecule has 1 nitrogen and oxygen atoms in total. The van der Waals surface area contributed by atoms with E-state index in [0.717, 1.165) is 30.6 Å². The van der Waals surface area contributed by atoms with Crippen LogP contribution in [0.5, 0.6) is 0 Å². The van der Waals surface area contributed by atoms with Gasteiger partial charge in [-0.3, -0.25) is 0 Å². The quantitative estimate of drug-likeness (QED) is 0.868. The van der Waals surface area contributed by atoms with Crippen LogP contribution in [0.4, 0.5) is 0 Å². The second-order valence-corrected chi connectivity index (χ2v) is 6.09. The molecule has 1 aliphatic heterocycles. The fourth-order valence-corrected chi connectivity index (χ4v) is 3.71. The third-order valence-corrected chi connectivity index (χ3v) is 4.82. The summed E-state index contributed by atoms with van der Waals surface area (Å²) in [7, 11) is 0. The zero-order chi connectivity index (χ0) is 11.6. The molecule has 0 amide bonds. The zero-order valence-electron chi connectivity index (χ0n) is 10.1. The van der Waals surface area contributed by atoms with Crippen molar-refractivity contribution in [1.29, 1.82) is 0 Å². The van der Waals surface area contributed by atoms with Gasteiger partial charge in [-0.2, -0.15) is 11.8 Å². The maximum atomic E-state index is 10.7. The summed E-state index contributed by atoms with van der Waals surface area (Å²) in [6, 6.07) is 8.49. The maximum Gasteiger partial charge on any atom is 0.102 e. The van der Waals surface area contributed by atoms with Crippen molar-refractivity contribution in [3.8, 4) is 0 Å². The molecular weight excluding hydrogens is 216 g/mol. The van der Waals surface area contributed by atoms with E-state index in [4.69, 9.17) is 0 Å². The summed E-state index contributed by atoms with van der Waals surface area (Å²) >= 11 is 1.87. The van der Waals surface area contributed by atoms with E-state index in [9.17, 15) is 5.11 Å². The first-order valence-corrected chi connectivity index (χ1v) is 7.15. The Morgan fingerprint density at radius 3 is 2.94 bits per heavy atom. The molecule has 2 rings (SSSR count). The summed E-state index contributed by atoms with van der Waals surface area (Å²) in [4.78, 5) is 0. The summed E-state index contributed by atoms with van der Waals surface area (Å²) in [6.45, 7) is 4.32. The molecule has 16 heavy (non-hydrogen) atoms. The van der Waals surface area contributed by atoms with E-state index >= 15 is 0 Å². The monoisotopic (exact) mass is 236 g/mol. The smallest absolute Gasteiger partial charge is 0.102 e. The molecule has 0 saturated carbocycles. The van der Waals surface area contributed by atoms with Crippen LogP contribution in [0, 0.1) is 0 Å². The molecular formula is C14H20OS. The summed E-state index contributed by atoms with van der Waals surface area (Å²) in [5.74, 6) is 1.07. The predicted octanol–water partition coefficient (Wildman–Crippen LogP) is 3.35. The lowest BCUT2D eigenvalue weighted by atomic mass is 9.87. The molecule has 0 radical (unpaired) electrons. The highest BCUT2D eigenvalue weighted by Crippen LogP contribution is 2.43. The Kier molecular flexibility index (Phi) is 3.60. The van der Waals surface area contributed by atoms with Crippen molar-refractivity contribution in [1.82, 2.24) is 0 Å². The van der Waals surface area contributed by atoms with Crippen molar-refractivity contribution in [2.75, 3.05) is 5.75 Å². The molecule has 2 heteroatoms. The van der Waals surface area contributed by atoms with Crippen LogP contribution in [-0.4, -0.2) is 16.1 Å².